The van der Waals surface area contributed by atoms with Crippen molar-refractivity contribution in [1.82, 2.24) is 14.8 Å². The standard InChI is InChI=1S/C22H22ClN5O3/c23-16-6-3-4-7-17(16)24-22(29)28(15-9-10-18-19(12-15)31-14-30-18)13-21-26-25-20-8-2-1-5-11-27(20)21/h3-4,6-7,9-10,12H,1-2,5,8,11,13-14H2,(H,24,29). The predicted molar refractivity (Wildman–Crippen MR) is 117 cm³/mol. The maximum Gasteiger partial charge on any atom is 0.326 e. The SMILES string of the molecule is O=C(Nc1ccccc1Cl)N(Cc1nnc2n1CCCCC2)c1ccc2c(c1)OCO2. The number of carbonyl (C=O) groups excluding carboxylic acids is 1. The van der Waals surface area contributed by atoms with E-state index in [1.807, 2.05) is 18.2 Å². The molecule has 1 aromatic heterocycles. The number of benzene rings is 2. The number of hydrogen-bond donors (Lipinski definition) is 1. The van der Waals surface area contributed by atoms with Crippen molar-refractivity contribution < 1.29 is 14.3 Å². The molecule has 0 saturated carbocycles. The first-order valence-electron chi connectivity index (χ1n) is 10.3. The van der Waals surface area contributed by atoms with Gasteiger partial charge in [-0.25, -0.2) is 4.79 Å². The average Bonchev–Trinajstić information content (AvgIpc) is 3.33. The number of anilines is 2. The van der Waals surface area contributed by atoms with Crippen LogP contribution in [-0.4, -0.2) is 27.6 Å². The van der Waals surface area contributed by atoms with Crippen LogP contribution in [0.4, 0.5) is 16.2 Å². The number of fused-ring (bicyclic) bond motifs is 2. The number of halogens is 1. The summed E-state index contributed by atoms with van der Waals surface area (Å²) < 4.78 is 13.1. The van der Waals surface area contributed by atoms with Crippen molar-refractivity contribution in [2.24, 2.45) is 0 Å². The van der Waals surface area contributed by atoms with Crippen molar-refractivity contribution in [3.05, 3.63) is 59.1 Å². The van der Waals surface area contributed by atoms with Crippen LogP contribution >= 0.6 is 11.6 Å². The van der Waals surface area contributed by atoms with Gasteiger partial charge in [-0.3, -0.25) is 4.90 Å². The Hall–Kier alpha value is -3.26. The zero-order valence-corrected chi connectivity index (χ0v) is 17.6. The van der Waals surface area contributed by atoms with Crippen LogP contribution in [0.1, 0.15) is 30.9 Å². The Labute approximate surface area is 184 Å². The molecule has 0 fully saturated rings. The molecule has 0 atom stereocenters. The molecule has 2 amide bonds. The van der Waals surface area contributed by atoms with Crippen molar-refractivity contribution in [3.63, 3.8) is 0 Å². The van der Waals surface area contributed by atoms with Crippen LogP contribution in [0.25, 0.3) is 0 Å². The summed E-state index contributed by atoms with van der Waals surface area (Å²) in [5.41, 5.74) is 1.21. The summed E-state index contributed by atoms with van der Waals surface area (Å²) in [5, 5.41) is 12.1. The van der Waals surface area contributed by atoms with Crippen LogP contribution in [-0.2, 0) is 19.5 Å². The maximum absolute atomic E-state index is 13.4. The molecule has 3 aromatic rings. The fourth-order valence-electron chi connectivity index (χ4n) is 3.88. The van der Waals surface area contributed by atoms with E-state index in [2.05, 4.69) is 20.1 Å². The number of hydrogen-bond acceptors (Lipinski definition) is 5. The lowest BCUT2D eigenvalue weighted by atomic mass is 10.2. The molecule has 0 spiro atoms. The van der Waals surface area contributed by atoms with E-state index in [1.165, 1.54) is 6.42 Å². The first-order valence-corrected chi connectivity index (χ1v) is 10.7. The minimum absolute atomic E-state index is 0.169. The van der Waals surface area contributed by atoms with Crippen molar-refractivity contribution in [2.45, 2.75) is 38.8 Å². The van der Waals surface area contributed by atoms with E-state index in [0.717, 1.165) is 37.5 Å². The van der Waals surface area contributed by atoms with E-state index in [1.54, 1.807) is 29.2 Å². The predicted octanol–water partition coefficient (Wildman–Crippen LogP) is 4.63. The molecule has 0 radical (unpaired) electrons. The zero-order chi connectivity index (χ0) is 21.2. The van der Waals surface area contributed by atoms with Crippen molar-refractivity contribution >= 4 is 29.0 Å². The first kappa shape index (κ1) is 19.7. The Morgan fingerprint density at radius 2 is 1.97 bits per heavy atom. The second kappa shape index (κ2) is 8.47. The molecule has 3 heterocycles. The van der Waals surface area contributed by atoms with Gasteiger partial charge in [-0.15, -0.1) is 10.2 Å². The van der Waals surface area contributed by atoms with Gasteiger partial charge in [0.1, 0.15) is 5.82 Å². The summed E-state index contributed by atoms with van der Waals surface area (Å²) in [7, 11) is 0. The summed E-state index contributed by atoms with van der Waals surface area (Å²) >= 11 is 6.26. The Morgan fingerprint density at radius 3 is 2.87 bits per heavy atom. The number of carbonyl (C=O) groups is 1. The number of aromatic nitrogens is 3. The molecule has 8 nitrogen and oxygen atoms in total. The Morgan fingerprint density at radius 1 is 1.10 bits per heavy atom. The number of aryl methyl sites for hydroxylation is 1. The molecule has 0 unspecified atom stereocenters. The second-order valence-corrected chi connectivity index (χ2v) is 7.94. The smallest absolute Gasteiger partial charge is 0.326 e. The minimum Gasteiger partial charge on any atom is -0.454 e. The number of rotatable bonds is 4. The van der Waals surface area contributed by atoms with E-state index >= 15 is 0 Å². The molecular weight excluding hydrogens is 418 g/mol. The van der Waals surface area contributed by atoms with Gasteiger partial charge >= 0.3 is 6.03 Å². The van der Waals surface area contributed by atoms with Gasteiger partial charge in [-0.1, -0.05) is 30.2 Å². The monoisotopic (exact) mass is 439 g/mol. The number of ether oxygens (including phenoxy) is 2. The van der Waals surface area contributed by atoms with Crippen LogP contribution in [0.2, 0.25) is 5.02 Å². The molecule has 9 heteroatoms. The maximum atomic E-state index is 13.4. The van der Waals surface area contributed by atoms with E-state index < -0.39 is 0 Å². The number of para-hydroxylation sites is 1. The van der Waals surface area contributed by atoms with Gasteiger partial charge < -0.3 is 19.4 Å². The summed E-state index contributed by atoms with van der Waals surface area (Å²) in [4.78, 5) is 15.0. The molecule has 5 rings (SSSR count). The van der Waals surface area contributed by atoms with Crippen LogP contribution < -0.4 is 19.7 Å². The van der Waals surface area contributed by atoms with Crippen LogP contribution in [0.3, 0.4) is 0 Å². The van der Waals surface area contributed by atoms with Crippen LogP contribution in [0.5, 0.6) is 11.5 Å². The molecule has 31 heavy (non-hydrogen) atoms. The molecule has 2 aliphatic heterocycles. The van der Waals surface area contributed by atoms with Gasteiger partial charge in [0.05, 0.1) is 17.3 Å². The lowest BCUT2D eigenvalue weighted by Crippen LogP contribution is -2.35. The van der Waals surface area contributed by atoms with Gasteiger partial charge in [0.25, 0.3) is 0 Å². The molecule has 1 N–H and O–H groups in total. The third kappa shape index (κ3) is 4.03. The van der Waals surface area contributed by atoms with Crippen LogP contribution in [0, 0.1) is 0 Å². The highest BCUT2D eigenvalue weighted by Gasteiger charge is 2.24. The summed E-state index contributed by atoms with van der Waals surface area (Å²) in [6, 6.07) is 12.3. The quantitative estimate of drug-likeness (QED) is 0.641. The van der Waals surface area contributed by atoms with Crippen molar-refractivity contribution in [3.8, 4) is 11.5 Å². The van der Waals surface area contributed by atoms with Gasteiger partial charge in [0, 0.05) is 24.7 Å². The van der Waals surface area contributed by atoms with Gasteiger partial charge in [0.2, 0.25) is 6.79 Å². The molecule has 2 aliphatic rings. The Bertz CT molecular complexity index is 1120. The van der Waals surface area contributed by atoms with Crippen LogP contribution in [0.15, 0.2) is 42.5 Å². The molecule has 0 saturated heterocycles. The normalized spacial score (nSPS) is 14.6. The summed E-state index contributed by atoms with van der Waals surface area (Å²) in [6.07, 6.45) is 4.26. The van der Waals surface area contributed by atoms with Crippen molar-refractivity contribution in [2.75, 3.05) is 17.0 Å². The highest BCUT2D eigenvalue weighted by molar-refractivity contribution is 6.33. The fourth-order valence-corrected chi connectivity index (χ4v) is 4.07. The second-order valence-electron chi connectivity index (χ2n) is 7.53. The van der Waals surface area contributed by atoms with E-state index in [-0.39, 0.29) is 19.4 Å². The third-order valence-electron chi connectivity index (χ3n) is 5.51. The Kier molecular flexibility index (Phi) is 5.38. The zero-order valence-electron chi connectivity index (χ0n) is 16.9. The topological polar surface area (TPSA) is 81.5 Å². The van der Waals surface area contributed by atoms with Gasteiger partial charge in [-0.2, -0.15) is 0 Å². The number of urea groups is 1. The summed E-state index contributed by atoms with van der Waals surface area (Å²) in [6.45, 7) is 1.30. The van der Waals surface area contributed by atoms with Gasteiger partial charge in [0.15, 0.2) is 17.3 Å². The van der Waals surface area contributed by atoms with E-state index in [9.17, 15) is 4.79 Å². The van der Waals surface area contributed by atoms with Crippen molar-refractivity contribution in [1.29, 1.82) is 0 Å². The highest BCUT2D eigenvalue weighted by Crippen LogP contribution is 2.36. The van der Waals surface area contributed by atoms with Gasteiger partial charge in [-0.05, 0) is 37.1 Å². The fraction of sp³-hybridized carbons (Fsp3) is 0.318. The highest BCUT2D eigenvalue weighted by atomic mass is 35.5. The lowest BCUT2D eigenvalue weighted by molar-refractivity contribution is 0.174. The molecule has 0 bridgehead atoms. The molecule has 2 aromatic carbocycles. The Balaban J connectivity index is 1.48. The van der Waals surface area contributed by atoms with E-state index in [4.69, 9.17) is 21.1 Å². The summed E-state index contributed by atoms with van der Waals surface area (Å²) in [5.74, 6) is 2.99. The number of amides is 2. The largest absolute Gasteiger partial charge is 0.454 e. The molecule has 0 aliphatic carbocycles. The lowest BCUT2D eigenvalue weighted by Gasteiger charge is -2.24. The number of nitrogens with zero attached hydrogens (tertiary/aromatic N) is 4. The average molecular weight is 440 g/mol. The molecular formula is C22H22ClN5O3. The first-order chi connectivity index (χ1) is 15.2. The number of nitrogens with one attached hydrogen (secondary N) is 1. The minimum atomic E-state index is -0.321. The third-order valence-corrected chi connectivity index (χ3v) is 5.84. The molecule has 160 valence electrons. The van der Waals surface area contributed by atoms with E-state index in [0.29, 0.717) is 27.9 Å².